The molecule has 22 aromatic rings. The Kier molecular flexibility index (Phi) is 31.7. The molecule has 2 nitrogen and oxygen atoms in total. The molecular weight excluding hydrogens is 2070 g/mol. The van der Waals surface area contributed by atoms with Gasteiger partial charge in [-0.1, -0.05) is 563 Å². The standard InChI is InChI=1S/C29H17Br.C23H12Br2.4C18H15P.C6H6BO2.Pd/c30-21-13-15-23-22-14-12-20(18-6-2-1-3-7-18)16-26(22)29(27(23)17-21)24-10-4-8-19-9-5-11-25(29)28(19)24;24-14-7-9-16-17-10-8-15(25)12-21(17)23(20(16)11-14)18-5-1-3-13-4-2-6-19(23)22(13)18;4*1-4-10-16(11-5-1)19(17-12-6-2-7-13-17)18-14-8-3-9-15-18;8-7-9-6-4-2-1-3-5-6;/h1-17H;1-12H;4*1-15H;1-5,8H;. The molecule has 1 N–H and O–H groups in total. The van der Waals surface area contributed by atoms with Gasteiger partial charge in [-0.2, -0.15) is 0 Å². The molecule has 141 heavy (non-hydrogen) atoms. The molecular formula is C130H95BBr3O2P4Pd. The second-order valence-corrected chi connectivity index (χ2v) is 45.6. The van der Waals surface area contributed by atoms with Crippen molar-refractivity contribution in [1.82, 2.24) is 0 Å². The number of hydrogen-bond acceptors (Lipinski definition) is 2. The molecule has 2 spiro atoms. The number of hydrogen-bond donors (Lipinski definition) is 1. The summed E-state index contributed by atoms with van der Waals surface area (Å²) in [5, 5.41) is 30.5. The maximum absolute atomic E-state index is 8.17. The summed E-state index contributed by atoms with van der Waals surface area (Å²) in [4.78, 5) is 0. The van der Waals surface area contributed by atoms with Gasteiger partial charge in [-0.05, 0) is 249 Å². The fraction of sp³-hybridized carbons (Fsp3) is 0.0154. The van der Waals surface area contributed by atoms with Gasteiger partial charge in [-0.15, -0.1) is 0 Å². The maximum atomic E-state index is 8.17. The minimum absolute atomic E-state index is 0. The molecule has 0 atom stereocenters. The summed E-state index contributed by atoms with van der Waals surface area (Å²) in [5.41, 5.74) is 18.9. The van der Waals surface area contributed by atoms with Gasteiger partial charge in [-0.25, -0.2) is 0 Å². The quantitative estimate of drug-likeness (QED) is 0.0819. The zero-order chi connectivity index (χ0) is 94.8. The Morgan fingerprint density at radius 3 is 0.589 bits per heavy atom. The summed E-state index contributed by atoms with van der Waals surface area (Å²) in [6.45, 7) is 0. The fourth-order valence-corrected chi connectivity index (χ4v) is 30.2. The molecule has 11 heteroatoms. The first-order valence-electron chi connectivity index (χ1n) is 46.9. The smallest absolute Gasteiger partial charge is 0.537 e. The second-order valence-electron chi connectivity index (χ2n) is 34.0. The van der Waals surface area contributed by atoms with Crippen molar-refractivity contribution < 1.29 is 30.1 Å². The molecule has 0 amide bonds. The van der Waals surface area contributed by atoms with E-state index in [1.54, 1.807) is 12.1 Å². The van der Waals surface area contributed by atoms with Gasteiger partial charge in [0, 0.05) is 33.8 Å². The van der Waals surface area contributed by atoms with E-state index in [2.05, 4.69) is 592 Å². The average molecular weight is 2170 g/mol. The van der Waals surface area contributed by atoms with Crippen LogP contribution in [-0.2, 0) is 31.3 Å². The summed E-state index contributed by atoms with van der Waals surface area (Å²) >= 11 is 11.1. The predicted molar refractivity (Wildman–Crippen MR) is 614 cm³/mol. The Labute approximate surface area is 872 Å². The Morgan fingerprint density at radius 1 is 0.184 bits per heavy atom. The largest absolute Gasteiger partial charge is 0.569 e. The van der Waals surface area contributed by atoms with E-state index in [1.165, 1.54) is 163 Å². The summed E-state index contributed by atoms with van der Waals surface area (Å²) in [6.07, 6.45) is 0. The van der Waals surface area contributed by atoms with Crippen LogP contribution in [0.4, 0.5) is 0 Å². The third kappa shape index (κ3) is 20.7. The molecule has 4 aliphatic rings. The molecule has 0 saturated heterocycles. The summed E-state index contributed by atoms with van der Waals surface area (Å²) in [6, 6.07) is 203. The molecule has 0 fully saturated rings. The van der Waals surface area contributed by atoms with Crippen molar-refractivity contribution >= 4 is 172 Å². The molecule has 681 valence electrons. The van der Waals surface area contributed by atoms with Crippen molar-refractivity contribution in [2.24, 2.45) is 0 Å². The van der Waals surface area contributed by atoms with Crippen LogP contribution in [0.5, 0.6) is 5.75 Å². The van der Waals surface area contributed by atoms with Gasteiger partial charge in [0.1, 0.15) is 0 Å². The normalized spacial score (nSPS) is 12.0. The summed E-state index contributed by atoms with van der Waals surface area (Å²) < 4.78 is 8.04. The van der Waals surface area contributed by atoms with E-state index in [9.17, 15) is 0 Å². The zero-order valence-electron chi connectivity index (χ0n) is 76.9. The van der Waals surface area contributed by atoms with Gasteiger partial charge < -0.3 is 9.68 Å². The minimum Gasteiger partial charge on any atom is -0.537 e. The number of fused-ring (bicyclic) bond motifs is 14. The van der Waals surface area contributed by atoms with Crippen LogP contribution >= 0.6 is 79.5 Å². The van der Waals surface area contributed by atoms with Crippen LogP contribution in [0.2, 0.25) is 0 Å². The van der Waals surface area contributed by atoms with Crippen molar-refractivity contribution in [3.63, 3.8) is 0 Å². The first kappa shape index (κ1) is 96.9. The topological polar surface area (TPSA) is 29.5 Å². The second kappa shape index (κ2) is 46.2. The Balaban J connectivity index is 0.000000107. The molecule has 22 aromatic carbocycles. The number of benzene rings is 22. The van der Waals surface area contributed by atoms with E-state index in [-0.39, 0.29) is 31.3 Å². The summed E-state index contributed by atoms with van der Waals surface area (Å²) in [5.74, 6) is 0.639. The van der Waals surface area contributed by atoms with Crippen LogP contribution in [0, 0.1) is 0 Å². The van der Waals surface area contributed by atoms with Crippen LogP contribution in [0.25, 0.3) is 54.9 Å². The number of para-hydroxylation sites is 1. The van der Waals surface area contributed by atoms with E-state index in [0.717, 1.165) is 13.4 Å². The first-order valence-corrected chi connectivity index (χ1v) is 54.6. The molecule has 0 aliphatic heterocycles. The number of halogens is 3. The van der Waals surface area contributed by atoms with Crippen LogP contribution in [0.3, 0.4) is 0 Å². The van der Waals surface area contributed by atoms with E-state index in [0.29, 0.717) is 13.4 Å². The summed E-state index contributed by atoms with van der Waals surface area (Å²) in [7, 11) is -1.12. The van der Waals surface area contributed by atoms with Crippen molar-refractivity contribution in [1.29, 1.82) is 0 Å². The van der Waals surface area contributed by atoms with Gasteiger partial charge in [0.05, 0.1) is 16.6 Å². The van der Waals surface area contributed by atoms with Crippen LogP contribution < -0.4 is 68.3 Å². The van der Waals surface area contributed by atoms with Gasteiger partial charge in [0.15, 0.2) is 0 Å². The van der Waals surface area contributed by atoms with E-state index in [1.807, 2.05) is 18.2 Å². The van der Waals surface area contributed by atoms with Gasteiger partial charge in [0.2, 0.25) is 0 Å². The molecule has 1 radical (unpaired) electrons. The van der Waals surface area contributed by atoms with E-state index in [4.69, 9.17) is 5.02 Å². The third-order valence-corrected chi connectivity index (χ3v) is 37.1. The minimum atomic E-state index is -0.446. The molecule has 0 unspecified atom stereocenters. The predicted octanol–water partition coefficient (Wildman–Crippen LogP) is 29.4. The van der Waals surface area contributed by atoms with Crippen LogP contribution in [0.15, 0.2) is 584 Å². The average Bonchev–Trinajstić information content (AvgIpc) is 1.58. The third-order valence-electron chi connectivity index (χ3n) is 25.8. The van der Waals surface area contributed by atoms with Gasteiger partial charge in [-0.3, -0.25) is 0 Å². The monoisotopic (exact) mass is 2170 g/mol. The van der Waals surface area contributed by atoms with Crippen molar-refractivity contribution in [2.45, 2.75) is 10.8 Å². The molecule has 0 heterocycles. The first-order chi connectivity index (χ1) is 69.2. The SMILES string of the molecule is Brc1ccc2c(c1)C1(c3cc(-c4ccccc4)ccc3-2)c2cccc3cccc1c23.Brc1ccc2c(c1)C1(c3cc(Br)ccc3-2)c2cccc3cccc1c23.O[B]Oc1ccccc1.[Pd].c1ccc(P(c2ccccc2)c2ccccc2)cc1.c1ccc(P(c2ccccc2)c2ccccc2)cc1.c1ccc(P(c2ccccc2)c2ccccc2)cc1.c1ccc(P(c2ccccc2)c2ccccc2)cc1. The van der Waals surface area contributed by atoms with Crippen LogP contribution in [0.1, 0.15) is 44.5 Å². The molecule has 4 aliphatic carbocycles. The Hall–Kier alpha value is -13.0. The zero-order valence-corrected chi connectivity index (χ0v) is 86.8. The van der Waals surface area contributed by atoms with Crippen molar-refractivity contribution in [2.75, 3.05) is 0 Å². The van der Waals surface area contributed by atoms with Gasteiger partial charge >= 0.3 is 7.69 Å². The van der Waals surface area contributed by atoms with Crippen molar-refractivity contribution in [3.05, 3.63) is 628 Å². The van der Waals surface area contributed by atoms with Gasteiger partial charge in [0.25, 0.3) is 0 Å². The molecule has 0 aromatic heterocycles. The van der Waals surface area contributed by atoms with Crippen LogP contribution in [-0.4, -0.2) is 12.7 Å². The van der Waals surface area contributed by atoms with E-state index >= 15 is 0 Å². The Bertz CT molecular complexity index is 6910. The fourth-order valence-electron chi connectivity index (χ4n) is 19.9. The molecule has 0 saturated carbocycles. The Morgan fingerprint density at radius 2 is 0.376 bits per heavy atom. The molecule has 26 rings (SSSR count). The van der Waals surface area contributed by atoms with Crippen molar-refractivity contribution in [3.8, 4) is 39.1 Å². The van der Waals surface area contributed by atoms with E-state index < -0.39 is 31.7 Å². The number of rotatable bonds is 15. The maximum Gasteiger partial charge on any atom is 0.569 e. The molecule has 0 bridgehead atoms.